The summed E-state index contributed by atoms with van der Waals surface area (Å²) in [5.41, 5.74) is 3.33. The van der Waals surface area contributed by atoms with Crippen LogP contribution >= 0.6 is 0 Å². The van der Waals surface area contributed by atoms with Crippen LogP contribution in [0.3, 0.4) is 0 Å². The lowest BCUT2D eigenvalue weighted by Gasteiger charge is -2.27. The molecule has 0 radical (unpaired) electrons. The molecule has 0 amide bonds. The lowest BCUT2D eigenvalue weighted by Crippen LogP contribution is -2.26. The van der Waals surface area contributed by atoms with Crippen molar-refractivity contribution in [1.29, 1.82) is 0 Å². The normalized spacial score (nSPS) is 14.0. The Morgan fingerprint density at radius 3 is 2.64 bits per heavy atom. The smallest absolute Gasteiger partial charge is 0.115 e. The quantitative estimate of drug-likeness (QED) is 0.752. The third kappa shape index (κ3) is 4.12. The standard InChI is InChI=1S/C19H24N2O/c1-3-16-8-5-4-6-9-19(16)21(15-7-14-20-2)17-10-12-18(22)13-11-17/h3,5-6,8-13,20,22H,1,4,7,14-15H2,2H3. The molecule has 0 atom stereocenters. The van der Waals surface area contributed by atoms with Gasteiger partial charge in [0, 0.05) is 17.9 Å². The molecule has 0 saturated heterocycles. The van der Waals surface area contributed by atoms with E-state index in [2.05, 4.69) is 41.1 Å². The number of nitrogens with zero attached hydrogens (tertiary/aromatic N) is 1. The van der Waals surface area contributed by atoms with Crippen molar-refractivity contribution in [3.8, 4) is 5.75 Å². The van der Waals surface area contributed by atoms with Crippen molar-refractivity contribution in [2.75, 3.05) is 25.0 Å². The summed E-state index contributed by atoms with van der Waals surface area (Å²) in [6, 6.07) is 7.35. The van der Waals surface area contributed by atoms with E-state index in [1.807, 2.05) is 25.3 Å². The van der Waals surface area contributed by atoms with Crippen LogP contribution in [0, 0.1) is 0 Å². The van der Waals surface area contributed by atoms with Crippen LogP contribution in [0.2, 0.25) is 0 Å². The van der Waals surface area contributed by atoms with E-state index in [4.69, 9.17) is 0 Å². The molecular weight excluding hydrogens is 272 g/mol. The molecule has 116 valence electrons. The highest BCUT2D eigenvalue weighted by molar-refractivity contribution is 5.60. The molecular formula is C19H24N2O. The van der Waals surface area contributed by atoms with E-state index in [9.17, 15) is 5.11 Å². The van der Waals surface area contributed by atoms with Crippen LogP contribution in [0.25, 0.3) is 0 Å². The van der Waals surface area contributed by atoms with E-state index in [-0.39, 0.29) is 5.75 Å². The SMILES string of the molecule is C=CC1=C(N(CCCNC)c2ccc(O)cc2)C=CCC=C1. The topological polar surface area (TPSA) is 35.5 Å². The molecule has 0 fully saturated rings. The first-order valence-electron chi connectivity index (χ1n) is 7.67. The van der Waals surface area contributed by atoms with Crippen LogP contribution in [-0.4, -0.2) is 25.2 Å². The number of allylic oxidation sites excluding steroid dienone is 6. The Hall–Kier alpha value is -2.26. The van der Waals surface area contributed by atoms with E-state index in [0.717, 1.165) is 42.9 Å². The number of hydrogen-bond donors (Lipinski definition) is 2. The van der Waals surface area contributed by atoms with Gasteiger partial charge < -0.3 is 15.3 Å². The van der Waals surface area contributed by atoms with Crippen LogP contribution in [0.5, 0.6) is 5.75 Å². The molecule has 0 heterocycles. The number of aromatic hydroxyl groups is 1. The highest BCUT2D eigenvalue weighted by Crippen LogP contribution is 2.26. The van der Waals surface area contributed by atoms with Gasteiger partial charge in [0.2, 0.25) is 0 Å². The van der Waals surface area contributed by atoms with Crippen LogP contribution in [-0.2, 0) is 0 Å². The monoisotopic (exact) mass is 296 g/mol. The zero-order valence-electron chi connectivity index (χ0n) is 13.1. The van der Waals surface area contributed by atoms with Crippen LogP contribution < -0.4 is 10.2 Å². The van der Waals surface area contributed by atoms with Crippen LogP contribution in [0.4, 0.5) is 5.69 Å². The minimum absolute atomic E-state index is 0.285. The number of hydrogen-bond acceptors (Lipinski definition) is 3. The molecule has 2 N–H and O–H groups in total. The van der Waals surface area contributed by atoms with Crippen LogP contribution in [0.1, 0.15) is 12.8 Å². The Kier molecular flexibility index (Phi) is 6.04. The fourth-order valence-electron chi connectivity index (χ4n) is 2.49. The number of benzene rings is 1. The summed E-state index contributed by atoms with van der Waals surface area (Å²) in [6.07, 6.45) is 12.4. The van der Waals surface area contributed by atoms with Gasteiger partial charge in [-0.15, -0.1) is 0 Å². The third-order valence-electron chi connectivity index (χ3n) is 3.62. The maximum atomic E-state index is 9.52. The predicted octanol–water partition coefficient (Wildman–Crippen LogP) is 3.76. The first kappa shape index (κ1) is 16.1. The molecule has 3 nitrogen and oxygen atoms in total. The molecule has 0 saturated carbocycles. The van der Waals surface area contributed by atoms with E-state index in [1.165, 1.54) is 0 Å². The highest BCUT2D eigenvalue weighted by atomic mass is 16.3. The first-order valence-corrected chi connectivity index (χ1v) is 7.67. The van der Waals surface area contributed by atoms with Crippen molar-refractivity contribution in [1.82, 2.24) is 5.32 Å². The summed E-state index contributed by atoms with van der Waals surface area (Å²) in [4.78, 5) is 2.28. The first-order chi connectivity index (χ1) is 10.8. The average Bonchev–Trinajstić information content (AvgIpc) is 2.78. The largest absolute Gasteiger partial charge is 0.508 e. The number of anilines is 1. The van der Waals surface area contributed by atoms with Gasteiger partial charge in [-0.2, -0.15) is 0 Å². The second-order valence-corrected chi connectivity index (χ2v) is 5.21. The minimum Gasteiger partial charge on any atom is -0.508 e. The number of nitrogens with one attached hydrogen (secondary N) is 1. The lowest BCUT2D eigenvalue weighted by molar-refractivity contribution is 0.475. The lowest BCUT2D eigenvalue weighted by atomic mass is 10.1. The van der Waals surface area contributed by atoms with E-state index in [0.29, 0.717) is 0 Å². The van der Waals surface area contributed by atoms with Gasteiger partial charge in [0.1, 0.15) is 5.75 Å². The summed E-state index contributed by atoms with van der Waals surface area (Å²) in [7, 11) is 1.97. The van der Waals surface area contributed by atoms with Gasteiger partial charge in [-0.05, 0) is 62.3 Å². The average molecular weight is 296 g/mol. The Labute approximate surface area is 133 Å². The Balaban J connectivity index is 2.38. The molecule has 0 aromatic heterocycles. The van der Waals surface area contributed by atoms with Gasteiger partial charge >= 0.3 is 0 Å². The maximum Gasteiger partial charge on any atom is 0.115 e. The number of rotatable bonds is 7. The second-order valence-electron chi connectivity index (χ2n) is 5.21. The van der Waals surface area contributed by atoms with Gasteiger partial charge in [-0.1, -0.05) is 30.9 Å². The van der Waals surface area contributed by atoms with Gasteiger partial charge in [0.25, 0.3) is 0 Å². The molecule has 0 unspecified atom stereocenters. The maximum absolute atomic E-state index is 9.52. The van der Waals surface area contributed by atoms with Crippen molar-refractivity contribution in [3.63, 3.8) is 0 Å². The van der Waals surface area contributed by atoms with E-state index in [1.54, 1.807) is 12.1 Å². The molecule has 2 rings (SSSR count). The number of phenols is 1. The van der Waals surface area contributed by atoms with Gasteiger partial charge in [-0.3, -0.25) is 0 Å². The molecule has 0 spiro atoms. The van der Waals surface area contributed by atoms with Gasteiger partial charge in [0.15, 0.2) is 0 Å². The molecule has 22 heavy (non-hydrogen) atoms. The van der Waals surface area contributed by atoms with E-state index >= 15 is 0 Å². The van der Waals surface area contributed by atoms with E-state index < -0.39 is 0 Å². The molecule has 1 aromatic rings. The predicted molar refractivity (Wildman–Crippen MR) is 94.1 cm³/mol. The van der Waals surface area contributed by atoms with Crippen molar-refractivity contribution in [2.24, 2.45) is 0 Å². The summed E-state index contributed by atoms with van der Waals surface area (Å²) in [5.74, 6) is 0.285. The summed E-state index contributed by atoms with van der Waals surface area (Å²) in [6.45, 7) is 5.80. The Morgan fingerprint density at radius 1 is 1.23 bits per heavy atom. The molecule has 0 bridgehead atoms. The Morgan fingerprint density at radius 2 is 1.95 bits per heavy atom. The summed E-state index contributed by atoms with van der Waals surface area (Å²) >= 11 is 0. The Bertz CT molecular complexity index is 582. The molecule has 1 aliphatic carbocycles. The molecule has 3 heteroatoms. The second kappa shape index (κ2) is 8.25. The molecule has 1 aromatic carbocycles. The third-order valence-corrected chi connectivity index (χ3v) is 3.62. The van der Waals surface area contributed by atoms with Gasteiger partial charge in [0.05, 0.1) is 0 Å². The van der Waals surface area contributed by atoms with Crippen LogP contribution in [0.15, 0.2) is 72.5 Å². The molecule has 1 aliphatic rings. The number of phenolic OH excluding ortho intramolecular Hbond substituents is 1. The van der Waals surface area contributed by atoms with Crippen molar-refractivity contribution < 1.29 is 5.11 Å². The zero-order chi connectivity index (χ0) is 15.8. The fraction of sp³-hybridized carbons (Fsp3) is 0.263. The minimum atomic E-state index is 0.285. The van der Waals surface area contributed by atoms with Crippen molar-refractivity contribution in [3.05, 3.63) is 72.5 Å². The zero-order valence-corrected chi connectivity index (χ0v) is 13.1. The van der Waals surface area contributed by atoms with Crippen molar-refractivity contribution in [2.45, 2.75) is 12.8 Å². The van der Waals surface area contributed by atoms with Gasteiger partial charge in [-0.25, -0.2) is 0 Å². The molecule has 0 aliphatic heterocycles. The highest BCUT2D eigenvalue weighted by Gasteiger charge is 2.13. The van der Waals surface area contributed by atoms with Crippen molar-refractivity contribution >= 4 is 5.69 Å². The summed E-state index contributed by atoms with van der Waals surface area (Å²) in [5, 5.41) is 12.7. The fourth-order valence-corrected chi connectivity index (χ4v) is 2.49. The summed E-state index contributed by atoms with van der Waals surface area (Å²) < 4.78 is 0.